The maximum atomic E-state index is 2.43. The summed E-state index contributed by atoms with van der Waals surface area (Å²) in [6.07, 6.45) is 0. The van der Waals surface area contributed by atoms with Crippen LogP contribution in [0.3, 0.4) is 0 Å². The van der Waals surface area contributed by atoms with Crippen molar-refractivity contribution in [1.29, 1.82) is 0 Å². The first-order valence-corrected chi connectivity index (χ1v) is 34.4. The minimum absolute atomic E-state index is 1.15. The SMILES string of the molecule is c1ccc(-c2cc(-c3ccccc3)cc(-n3c4ccccc4c4cc(-c5ccc6c(c5)c5ccccc5n6-c5ccccc5)ccc43)c2)cc1.c1ccc(-c2cccc(-c3cccc(-n4c5ccccc5c5cc(-c6ccc7c(c6)c6ccccc6n7-c6ccccc6)ccc54)c3)c2)cc1. The molecule has 4 nitrogen and oxygen atoms in total. The van der Waals surface area contributed by atoms with Crippen LogP contribution in [0.1, 0.15) is 0 Å². The van der Waals surface area contributed by atoms with E-state index in [0.29, 0.717) is 0 Å². The molecule has 0 aliphatic rings. The molecule has 0 atom stereocenters. The largest absolute Gasteiger partial charge is 0.309 e. The van der Waals surface area contributed by atoms with Crippen LogP contribution in [-0.4, -0.2) is 18.3 Å². The van der Waals surface area contributed by atoms with Gasteiger partial charge in [0, 0.05) is 65.8 Å². The summed E-state index contributed by atoms with van der Waals surface area (Å²) in [5.74, 6) is 0. The highest BCUT2D eigenvalue weighted by Gasteiger charge is 2.20. The van der Waals surface area contributed by atoms with Gasteiger partial charge in [-0.1, -0.05) is 255 Å². The molecule has 0 saturated carbocycles. The topological polar surface area (TPSA) is 19.7 Å². The molecule has 20 rings (SSSR count). The summed E-state index contributed by atoms with van der Waals surface area (Å²) in [5, 5.41) is 10.0. The Bertz CT molecular complexity index is 6430. The smallest absolute Gasteiger partial charge is 0.0541 e. The summed E-state index contributed by atoms with van der Waals surface area (Å²) in [4.78, 5) is 0. The number of fused-ring (bicyclic) bond motifs is 12. The Morgan fingerprint density at radius 1 is 0.110 bits per heavy atom. The zero-order chi connectivity index (χ0) is 66.0. The number of hydrogen-bond acceptors (Lipinski definition) is 0. The average molecular weight is 1270 g/mol. The molecule has 0 fully saturated rings. The van der Waals surface area contributed by atoms with Crippen molar-refractivity contribution in [3.63, 3.8) is 0 Å². The van der Waals surface area contributed by atoms with E-state index in [0.717, 1.165) is 11.4 Å². The van der Waals surface area contributed by atoms with Crippen molar-refractivity contribution < 1.29 is 0 Å². The van der Waals surface area contributed by atoms with E-state index in [2.05, 4.69) is 407 Å². The second-order valence-electron chi connectivity index (χ2n) is 26.0. The van der Waals surface area contributed by atoms with E-state index in [-0.39, 0.29) is 0 Å². The van der Waals surface area contributed by atoms with Gasteiger partial charge in [0.2, 0.25) is 0 Å². The Kier molecular flexibility index (Phi) is 14.2. The lowest BCUT2D eigenvalue weighted by atomic mass is 9.98. The van der Waals surface area contributed by atoms with Crippen LogP contribution in [0.25, 0.3) is 177 Å². The van der Waals surface area contributed by atoms with E-state index in [4.69, 9.17) is 0 Å². The minimum atomic E-state index is 1.15. The van der Waals surface area contributed by atoms with Gasteiger partial charge in [-0.2, -0.15) is 0 Å². The van der Waals surface area contributed by atoms with Crippen molar-refractivity contribution in [1.82, 2.24) is 18.3 Å². The molecule has 468 valence electrons. The highest BCUT2D eigenvalue weighted by Crippen LogP contribution is 2.43. The average Bonchev–Trinajstić information content (AvgIpc) is 1.60. The summed E-state index contributed by atoms with van der Waals surface area (Å²) >= 11 is 0. The number of aromatic nitrogens is 4. The van der Waals surface area contributed by atoms with Gasteiger partial charge in [0.15, 0.2) is 0 Å². The van der Waals surface area contributed by atoms with E-state index < -0.39 is 0 Å². The first-order chi connectivity index (χ1) is 49.6. The fourth-order valence-electron chi connectivity index (χ4n) is 15.5. The number of hydrogen-bond donors (Lipinski definition) is 0. The van der Waals surface area contributed by atoms with Gasteiger partial charge in [-0.3, -0.25) is 0 Å². The third-order valence-corrected chi connectivity index (χ3v) is 20.2. The van der Waals surface area contributed by atoms with Crippen LogP contribution >= 0.6 is 0 Å². The number of benzene rings is 16. The summed E-state index contributed by atoms with van der Waals surface area (Å²) in [5.41, 5.74) is 28.9. The van der Waals surface area contributed by atoms with Gasteiger partial charge in [-0.05, 0) is 200 Å². The van der Waals surface area contributed by atoms with Crippen molar-refractivity contribution in [3.05, 3.63) is 388 Å². The Morgan fingerprint density at radius 3 is 0.700 bits per heavy atom. The predicted octanol–water partition coefficient (Wildman–Crippen LogP) is 25.8. The number of para-hydroxylation sites is 6. The van der Waals surface area contributed by atoms with Crippen molar-refractivity contribution in [3.8, 4) is 89.5 Å². The van der Waals surface area contributed by atoms with Gasteiger partial charge in [0.05, 0.1) is 44.1 Å². The third-order valence-electron chi connectivity index (χ3n) is 20.2. The lowest BCUT2D eigenvalue weighted by molar-refractivity contribution is 1.18. The normalized spacial score (nSPS) is 11.6. The second-order valence-corrected chi connectivity index (χ2v) is 26.0. The first kappa shape index (κ1) is 58.1. The van der Waals surface area contributed by atoms with Crippen molar-refractivity contribution in [2.75, 3.05) is 0 Å². The summed E-state index contributed by atoms with van der Waals surface area (Å²) in [6, 6.07) is 141. The van der Waals surface area contributed by atoms with E-state index in [1.54, 1.807) is 0 Å². The Labute approximate surface area is 579 Å². The molecule has 0 amide bonds. The Hall–Kier alpha value is -13.3. The zero-order valence-corrected chi connectivity index (χ0v) is 54.7. The van der Waals surface area contributed by atoms with E-state index >= 15 is 0 Å². The van der Waals surface area contributed by atoms with Crippen LogP contribution in [-0.2, 0) is 0 Å². The van der Waals surface area contributed by atoms with Crippen molar-refractivity contribution in [2.45, 2.75) is 0 Å². The third kappa shape index (κ3) is 10.1. The van der Waals surface area contributed by atoms with Gasteiger partial charge in [-0.15, -0.1) is 0 Å². The quantitative estimate of drug-likeness (QED) is 0.130. The lowest BCUT2D eigenvalue weighted by Gasteiger charge is -2.14. The van der Waals surface area contributed by atoms with Gasteiger partial charge in [0.1, 0.15) is 0 Å². The van der Waals surface area contributed by atoms with Crippen LogP contribution in [0.2, 0.25) is 0 Å². The maximum Gasteiger partial charge on any atom is 0.0541 e. The molecule has 4 aromatic heterocycles. The van der Waals surface area contributed by atoms with Crippen molar-refractivity contribution >= 4 is 87.2 Å². The first-order valence-electron chi connectivity index (χ1n) is 34.4. The fourth-order valence-corrected chi connectivity index (χ4v) is 15.5. The maximum absolute atomic E-state index is 2.43. The second kappa shape index (κ2) is 24.4. The Balaban J connectivity index is 0.000000139. The molecule has 0 radical (unpaired) electrons. The van der Waals surface area contributed by atoms with Crippen molar-refractivity contribution in [2.24, 2.45) is 0 Å². The molecule has 0 spiro atoms. The molecule has 0 unspecified atom stereocenters. The molecule has 0 bridgehead atoms. The van der Waals surface area contributed by atoms with Gasteiger partial charge in [-0.25, -0.2) is 0 Å². The lowest BCUT2D eigenvalue weighted by Crippen LogP contribution is -1.96. The van der Waals surface area contributed by atoms with Gasteiger partial charge < -0.3 is 18.3 Å². The van der Waals surface area contributed by atoms with E-state index in [1.807, 2.05) is 0 Å². The standard InChI is InChI=1S/2C48H32N2/c1-4-14-33(15-5-1)37-28-38(34-16-6-2-7-17-34)30-40(29-37)50-46-23-13-11-21-42(46)44-32-36(25-27-48(44)50)35-24-26-47-43(31-35)41-20-10-12-22-45(41)49(47)39-18-8-3-9-19-39;1-3-13-33(14-4-1)34-15-11-16-35(29-34)36-17-12-20-40(30-36)50-46-24-10-8-22-42(46)44-32-38(26-28-48(44)50)37-25-27-47-43(31-37)41-21-7-9-23-45(41)49(47)39-18-5-2-6-19-39/h2*1-32H. The molecule has 100 heavy (non-hydrogen) atoms. The van der Waals surface area contributed by atoms with Crippen LogP contribution in [0.15, 0.2) is 388 Å². The summed E-state index contributed by atoms with van der Waals surface area (Å²) < 4.78 is 9.59. The monoisotopic (exact) mass is 1270 g/mol. The number of nitrogens with zero attached hydrogens (tertiary/aromatic N) is 4. The summed E-state index contributed by atoms with van der Waals surface area (Å²) in [6.45, 7) is 0. The molecule has 0 aliphatic heterocycles. The van der Waals surface area contributed by atoms with Crippen LogP contribution in [0.4, 0.5) is 0 Å². The minimum Gasteiger partial charge on any atom is -0.309 e. The van der Waals surface area contributed by atoms with Crippen LogP contribution in [0, 0.1) is 0 Å². The number of rotatable bonds is 10. The fraction of sp³-hybridized carbons (Fsp3) is 0. The van der Waals surface area contributed by atoms with E-state index in [1.165, 1.54) is 165 Å². The molecular weight excluding hydrogens is 1210 g/mol. The molecular formula is C96H64N4. The predicted molar refractivity (Wildman–Crippen MR) is 423 cm³/mol. The molecule has 16 aromatic carbocycles. The highest BCUT2D eigenvalue weighted by atomic mass is 15.0. The molecule has 4 heteroatoms. The molecule has 4 heterocycles. The molecule has 0 aliphatic carbocycles. The molecule has 0 saturated heterocycles. The summed E-state index contributed by atoms with van der Waals surface area (Å²) in [7, 11) is 0. The van der Waals surface area contributed by atoms with Gasteiger partial charge >= 0.3 is 0 Å². The zero-order valence-electron chi connectivity index (χ0n) is 54.7. The molecule has 0 N–H and O–H groups in total. The highest BCUT2D eigenvalue weighted by molar-refractivity contribution is 6.15. The molecule has 20 aromatic rings. The Morgan fingerprint density at radius 2 is 0.330 bits per heavy atom. The van der Waals surface area contributed by atoms with Crippen LogP contribution < -0.4 is 0 Å². The van der Waals surface area contributed by atoms with E-state index in [9.17, 15) is 0 Å². The van der Waals surface area contributed by atoms with Gasteiger partial charge in [0.25, 0.3) is 0 Å². The van der Waals surface area contributed by atoms with Crippen LogP contribution in [0.5, 0.6) is 0 Å².